The van der Waals surface area contributed by atoms with Crippen molar-refractivity contribution in [2.75, 3.05) is 23.4 Å². The number of nitrogens with one attached hydrogen (secondary N) is 1. The largest absolute Gasteiger partial charge is 0.488 e. The van der Waals surface area contributed by atoms with E-state index >= 15 is 0 Å². The molecule has 2 aliphatic rings. The van der Waals surface area contributed by atoms with Gasteiger partial charge in [-0.15, -0.1) is 11.3 Å². The molecule has 1 fully saturated rings. The first-order valence-electron chi connectivity index (χ1n) is 9.14. The van der Waals surface area contributed by atoms with Crippen LogP contribution in [0, 0.1) is 6.92 Å². The first-order valence-corrected chi connectivity index (χ1v) is 9.95. The molecule has 1 aromatic carbocycles. The van der Waals surface area contributed by atoms with Crippen molar-refractivity contribution in [1.82, 2.24) is 4.98 Å². The molecular weight excluding hydrogens is 394 g/mol. The molecule has 0 bridgehead atoms. The van der Waals surface area contributed by atoms with Crippen molar-refractivity contribution in [2.24, 2.45) is 0 Å². The molecule has 0 saturated carbocycles. The van der Waals surface area contributed by atoms with E-state index in [1.807, 2.05) is 25.1 Å². The molecule has 29 heavy (non-hydrogen) atoms. The lowest BCUT2D eigenvalue weighted by Crippen LogP contribution is -2.34. The summed E-state index contributed by atoms with van der Waals surface area (Å²) in [7, 11) is 0. The predicted molar refractivity (Wildman–Crippen MR) is 109 cm³/mol. The molecule has 2 aliphatic heterocycles. The van der Waals surface area contributed by atoms with E-state index in [-0.39, 0.29) is 11.0 Å². The number of hydrogen-bond donors (Lipinski definition) is 2. The molecule has 2 aromatic heterocycles. The average Bonchev–Trinajstić information content (AvgIpc) is 3.32. The molecule has 1 atom stereocenters. The lowest BCUT2D eigenvalue weighted by Gasteiger charge is -2.29. The van der Waals surface area contributed by atoms with E-state index in [2.05, 4.69) is 10.3 Å². The van der Waals surface area contributed by atoms with Gasteiger partial charge < -0.3 is 19.9 Å². The molecule has 0 aliphatic carbocycles. The Labute approximate surface area is 169 Å². The summed E-state index contributed by atoms with van der Waals surface area (Å²) >= 11 is 1.05. The van der Waals surface area contributed by atoms with Crippen LogP contribution in [0.15, 0.2) is 30.5 Å². The second kappa shape index (κ2) is 6.71. The van der Waals surface area contributed by atoms with Crippen molar-refractivity contribution in [3.8, 4) is 5.75 Å². The van der Waals surface area contributed by atoms with Crippen LogP contribution in [-0.4, -0.2) is 41.4 Å². The van der Waals surface area contributed by atoms with Crippen LogP contribution in [-0.2, 0) is 4.74 Å². The Balaban J connectivity index is 1.57. The van der Waals surface area contributed by atoms with Gasteiger partial charge in [0.05, 0.1) is 35.7 Å². The first kappa shape index (κ1) is 17.9. The fraction of sp³-hybridized carbons (Fsp3) is 0.250. The number of benzene rings is 1. The Morgan fingerprint density at radius 2 is 2.24 bits per heavy atom. The summed E-state index contributed by atoms with van der Waals surface area (Å²) in [6.45, 7) is 3.19. The molecule has 4 heterocycles. The third-order valence-electron chi connectivity index (χ3n) is 5.04. The number of carboxylic acids is 1. The third kappa shape index (κ3) is 2.90. The molecule has 0 unspecified atom stereocenters. The van der Waals surface area contributed by atoms with E-state index in [1.165, 1.54) is 0 Å². The smallest absolute Gasteiger partial charge is 0.348 e. The summed E-state index contributed by atoms with van der Waals surface area (Å²) < 4.78 is 11.3. The highest BCUT2D eigenvalue weighted by Gasteiger charge is 2.33. The molecule has 2 amide bonds. The van der Waals surface area contributed by atoms with Gasteiger partial charge in [0.15, 0.2) is 0 Å². The number of aromatic carboxylic acids is 1. The molecule has 2 N–H and O–H groups in total. The highest BCUT2D eigenvalue weighted by atomic mass is 32.1. The van der Waals surface area contributed by atoms with E-state index < -0.39 is 12.0 Å². The molecule has 148 valence electrons. The van der Waals surface area contributed by atoms with Crippen LogP contribution in [0.3, 0.4) is 0 Å². The average molecular weight is 411 g/mol. The standard InChI is InChI=1S/C20H17N3O5S/c1-10-8-11(28-12-5-7-27-9-12)2-3-13(10)23-14-4-6-21-18-15(14)16(22-20(23)26)17(29-18)19(24)25/h2-4,6,8,12H,5,7,9H2,1H3,(H,22,26)(H,24,25)/t12-/m0/s1. The first-order chi connectivity index (χ1) is 14.0. The van der Waals surface area contributed by atoms with E-state index in [0.29, 0.717) is 40.5 Å². The molecular formula is C20H17N3O5S. The van der Waals surface area contributed by atoms with Crippen molar-refractivity contribution >= 4 is 50.6 Å². The molecule has 8 nitrogen and oxygen atoms in total. The number of pyridine rings is 1. The summed E-state index contributed by atoms with van der Waals surface area (Å²) in [4.78, 5) is 31.0. The van der Waals surface area contributed by atoms with Crippen molar-refractivity contribution in [1.29, 1.82) is 0 Å². The number of urea groups is 1. The molecule has 0 spiro atoms. The number of ether oxygens (including phenoxy) is 2. The van der Waals surface area contributed by atoms with Gasteiger partial charge in [0.25, 0.3) is 0 Å². The fourth-order valence-corrected chi connectivity index (χ4v) is 4.68. The second-order valence-electron chi connectivity index (χ2n) is 6.94. The van der Waals surface area contributed by atoms with Crippen LogP contribution in [0.25, 0.3) is 10.2 Å². The topological polar surface area (TPSA) is 101 Å². The number of aromatic nitrogens is 1. The van der Waals surface area contributed by atoms with Gasteiger partial charge in [-0.2, -0.15) is 0 Å². The number of nitrogens with zero attached hydrogens (tertiary/aromatic N) is 2. The summed E-state index contributed by atoms with van der Waals surface area (Å²) in [5, 5.41) is 12.8. The van der Waals surface area contributed by atoms with Gasteiger partial charge in [-0.25, -0.2) is 14.6 Å². The minimum Gasteiger partial charge on any atom is -0.488 e. The van der Waals surface area contributed by atoms with Gasteiger partial charge in [0, 0.05) is 12.6 Å². The second-order valence-corrected chi connectivity index (χ2v) is 7.94. The van der Waals surface area contributed by atoms with Gasteiger partial charge in [0.1, 0.15) is 21.6 Å². The highest BCUT2D eigenvalue weighted by molar-refractivity contribution is 7.21. The number of amides is 2. The van der Waals surface area contributed by atoms with Crippen LogP contribution in [0.2, 0.25) is 0 Å². The van der Waals surface area contributed by atoms with Crippen molar-refractivity contribution in [3.05, 3.63) is 40.9 Å². The molecule has 0 radical (unpaired) electrons. The van der Waals surface area contributed by atoms with E-state index in [1.54, 1.807) is 17.2 Å². The van der Waals surface area contributed by atoms with E-state index in [0.717, 1.165) is 29.1 Å². The summed E-state index contributed by atoms with van der Waals surface area (Å²) in [6, 6.07) is 6.88. The zero-order valence-corrected chi connectivity index (χ0v) is 16.3. The SMILES string of the molecule is Cc1cc(O[C@H]2CCOC2)ccc1N1C(=O)Nc2c(C(=O)O)sc3nccc1c23. The molecule has 3 aromatic rings. The summed E-state index contributed by atoms with van der Waals surface area (Å²) in [5.74, 6) is -0.361. The maximum absolute atomic E-state index is 12.9. The Morgan fingerprint density at radius 3 is 2.97 bits per heavy atom. The minimum absolute atomic E-state index is 0.0427. The van der Waals surface area contributed by atoms with Crippen LogP contribution < -0.4 is 15.0 Å². The quantitative estimate of drug-likeness (QED) is 0.669. The maximum Gasteiger partial charge on any atom is 0.348 e. The van der Waals surface area contributed by atoms with Crippen LogP contribution in [0.1, 0.15) is 21.7 Å². The van der Waals surface area contributed by atoms with E-state index in [4.69, 9.17) is 9.47 Å². The van der Waals surface area contributed by atoms with E-state index in [9.17, 15) is 14.7 Å². The normalized spacial score (nSPS) is 18.2. The van der Waals surface area contributed by atoms with Crippen LogP contribution in [0.4, 0.5) is 21.9 Å². The number of thiophene rings is 1. The Bertz CT molecular complexity index is 1150. The van der Waals surface area contributed by atoms with Crippen molar-refractivity contribution in [3.63, 3.8) is 0 Å². The summed E-state index contributed by atoms with van der Waals surface area (Å²) in [6.07, 6.45) is 2.49. The Kier molecular flexibility index (Phi) is 4.14. The number of carbonyl (C=O) groups excluding carboxylic acids is 1. The highest BCUT2D eigenvalue weighted by Crippen LogP contribution is 2.46. The molecule has 9 heteroatoms. The number of carbonyl (C=O) groups is 2. The zero-order chi connectivity index (χ0) is 20.1. The number of rotatable bonds is 4. The summed E-state index contributed by atoms with van der Waals surface area (Å²) in [5.41, 5.74) is 2.47. The van der Waals surface area contributed by atoms with Crippen LogP contribution in [0.5, 0.6) is 5.75 Å². The van der Waals surface area contributed by atoms with Gasteiger partial charge in [-0.3, -0.25) is 4.90 Å². The molecule has 5 rings (SSSR count). The van der Waals surface area contributed by atoms with Crippen LogP contribution >= 0.6 is 11.3 Å². The number of hydrogen-bond acceptors (Lipinski definition) is 6. The minimum atomic E-state index is -1.09. The number of anilines is 3. The zero-order valence-electron chi connectivity index (χ0n) is 15.5. The lowest BCUT2D eigenvalue weighted by atomic mass is 10.1. The monoisotopic (exact) mass is 411 g/mol. The van der Waals surface area contributed by atoms with Gasteiger partial charge in [0.2, 0.25) is 0 Å². The van der Waals surface area contributed by atoms with Crippen molar-refractivity contribution in [2.45, 2.75) is 19.4 Å². The third-order valence-corrected chi connectivity index (χ3v) is 6.13. The van der Waals surface area contributed by atoms with Gasteiger partial charge in [-0.05, 0) is 36.8 Å². The van der Waals surface area contributed by atoms with Gasteiger partial charge in [-0.1, -0.05) is 0 Å². The Hall–Kier alpha value is -3.17. The van der Waals surface area contributed by atoms with Crippen molar-refractivity contribution < 1.29 is 24.2 Å². The fourth-order valence-electron chi connectivity index (χ4n) is 3.72. The van der Waals surface area contributed by atoms with Gasteiger partial charge >= 0.3 is 12.0 Å². The molecule has 1 saturated heterocycles. The number of aryl methyl sites for hydroxylation is 1. The number of carboxylic acid groups (broad SMARTS) is 1. The lowest BCUT2D eigenvalue weighted by molar-refractivity contribution is 0.0703. The Morgan fingerprint density at radius 1 is 1.38 bits per heavy atom. The maximum atomic E-state index is 12.9. The predicted octanol–water partition coefficient (Wildman–Crippen LogP) is 4.15.